The molecule has 6 heteroatoms. The lowest BCUT2D eigenvalue weighted by atomic mass is 10.1. The van der Waals surface area contributed by atoms with Gasteiger partial charge in [0.05, 0.1) is 5.69 Å². The van der Waals surface area contributed by atoms with Crippen molar-refractivity contribution in [1.29, 1.82) is 0 Å². The Balaban J connectivity index is 1.85. The third kappa shape index (κ3) is 6.12. The molecule has 150 valence electrons. The number of aromatic nitrogens is 2. The van der Waals surface area contributed by atoms with Crippen molar-refractivity contribution in [1.82, 2.24) is 14.9 Å². The van der Waals surface area contributed by atoms with E-state index in [2.05, 4.69) is 39.6 Å². The number of hydrogen-bond donors (Lipinski definition) is 2. The van der Waals surface area contributed by atoms with Gasteiger partial charge >= 0.3 is 0 Å². The molecule has 0 bridgehead atoms. The molecule has 0 aliphatic carbocycles. The molecule has 2 aromatic carbocycles. The van der Waals surface area contributed by atoms with Crippen LogP contribution in [0, 0.1) is 0 Å². The van der Waals surface area contributed by atoms with Gasteiger partial charge in [0.15, 0.2) is 5.78 Å². The van der Waals surface area contributed by atoms with Crippen LogP contribution < -0.4 is 10.6 Å². The Labute approximate surface area is 172 Å². The van der Waals surface area contributed by atoms with Crippen LogP contribution in [0.25, 0.3) is 11.3 Å². The molecule has 6 nitrogen and oxygen atoms in total. The number of rotatable bonds is 9. The van der Waals surface area contributed by atoms with Gasteiger partial charge in [-0.2, -0.15) is 4.98 Å². The fourth-order valence-electron chi connectivity index (χ4n) is 2.91. The molecule has 29 heavy (non-hydrogen) atoms. The number of carbonyl (C=O) groups excluding carboxylic acids is 1. The quantitative estimate of drug-likeness (QED) is 0.416. The van der Waals surface area contributed by atoms with E-state index < -0.39 is 0 Å². The zero-order chi connectivity index (χ0) is 20.6. The smallest absolute Gasteiger partial charge is 0.229 e. The van der Waals surface area contributed by atoms with E-state index in [1.54, 1.807) is 13.0 Å². The van der Waals surface area contributed by atoms with Crippen molar-refractivity contribution < 1.29 is 4.79 Å². The van der Waals surface area contributed by atoms with Crippen LogP contribution in [-0.2, 0) is 0 Å². The lowest BCUT2D eigenvalue weighted by Crippen LogP contribution is -2.16. The van der Waals surface area contributed by atoms with Crippen molar-refractivity contribution in [2.75, 3.05) is 37.8 Å². The van der Waals surface area contributed by atoms with E-state index in [-0.39, 0.29) is 5.78 Å². The Hall–Kier alpha value is -3.25. The molecule has 0 radical (unpaired) electrons. The summed E-state index contributed by atoms with van der Waals surface area (Å²) in [7, 11) is 4.13. The highest BCUT2D eigenvalue weighted by Gasteiger charge is 2.08. The Bertz CT molecular complexity index is 956. The third-order valence-electron chi connectivity index (χ3n) is 4.41. The molecule has 1 aromatic heterocycles. The molecule has 0 spiro atoms. The lowest BCUT2D eigenvalue weighted by Gasteiger charge is -2.13. The van der Waals surface area contributed by atoms with E-state index in [1.807, 2.05) is 54.6 Å². The highest BCUT2D eigenvalue weighted by atomic mass is 16.1. The number of anilines is 3. The largest absolute Gasteiger partial charge is 0.370 e. The zero-order valence-electron chi connectivity index (χ0n) is 17.1. The maximum Gasteiger partial charge on any atom is 0.229 e. The second-order valence-corrected chi connectivity index (χ2v) is 7.17. The van der Waals surface area contributed by atoms with Crippen LogP contribution in [-0.4, -0.2) is 47.8 Å². The third-order valence-corrected chi connectivity index (χ3v) is 4.41. The summed E-state index contributed by atoms with van der Waals surface area (Å²) in [5.74, 6) is 1.28. The SMILES string of the molecule is CC(=O)c1cccc(Nc2nc(NCCCN(C)C)cc(-c3ccccc3)n2)c1. The predicted molar refractivity (Wildman–Crippen MR) is 119 cm³/mol. The maximum absolute atomic E-state index is 11.7. The van der Waals surface area contributed by atoms with Crippen LogP contribution in [0.4, 0.5) is 17.5 Å². The van der Waals surface area contributed by atoms with Crippen molar-refractivity contribution >= 4 is 23.2 Å². The first-order valence-corrected chi connectivity index (χ1v) is 9.72. The van der Waals surface area contributed by atoms with Crippen molar-refractivity contribution in [3.63, 3.8) is 0 Å². The highest BCUT2D eigenvalue weighted by molar-refractivity contribution is 5.95. The van der Waals surface area contributed by atoms with Crippen molar-refractivity contribution in [2.24, 2.45) is 0 Å². The van der Waals surface area contributed by atoms with Crippen molar-refractivity contribution in [3.05, 3.63) is 66.2 Å². The van der Waals surface area contributed by atoms with Gasteiger partial charge in [0.2, 0.25) is 5.95 Å². The summed E-state index contributed by atoms with van der Waals surface area (Å²) in [5.41, 5.74) is 3.28. The van der Waals surface area contributed by atoms with Gasteiger partial charge in [-0.05, 0) is 46.1 Å². The minimum atomic E-state index is 0.0239. The van der Waals surface area contributed by atoms with E-state index in [1.165, 1.54) is 0 Å². The van der Waals surface area contributed by atoms with E-state index in [9.17, 15) is 4.79 Å². The van der Waals surface area contributed by atoms with E-state index in [0.29, 0.717) is 11.5 Å². The molecule has 0 unspecified atom stereocenters. The Morgan fingerprint density at radius 1 is 1.00 bits per heavy atom. The Morgan fingerprint density at radius 2 is 1.79 bits per heavy atom. The van der Waals surface area contributed by atoms with Crippen LogP contribution in [0.15, 0.2) is 60.7 Å². The minimum Gasteiger partial charge on any atom is -0.370 e. The fourth-order valence-corrected chi connectivity index (χ4v) is 2.91. The standard InChI is InChI=1S/C23H27N5O/c1-17(29)19-11-7-12-20(15-19)25-23-26-21(18-9-5-4-6-10-18)16-22(27-23)24-13-8-14-28(2)3/h4-7,9-12,15-16H,8,13-14H2,1-3H3,(H2,24,25,26,27). The molecule has 2 N–H and O–H groups in total. The Kier molecular flexibility index (Phi) is 6.92. The monoisotopic (exact) mass is 389 g/mol. The average Bonchev–Trinajstić information content (AvgIpc) is 2.72. The first-order valence-electron chi connectivity index (χ1n) is 9.72. The molecule has 0 saturated heterocycles. The first kappa shape index (κ1) is 20.5. The first-order chi connectivity index (χ1) is 14.0. The van der Waals surface area contributed by atoms with Gasteiger partial charge in [0.1, 0.15) is 5.82 Å². The number of benzene rings is 2. The molecule has 0 fully saturated rings. The lowest BCUT2D eigenvalue weighted by molar-refractivity contribution is 0.101. The number of ketones is 1. The van der Waals surface area contributed by atoms with Gasteiger partial charge in [-0.3, -0.25) is 4.79 Å². The van der Waals surface area contributed by atoms with Gasteiger partial charge in [-0.25, -0.2) is 4.98 Å². The van der Waals surface area contributed by atoms with Crippen LogP contribution in [0.5, 0.6) is 0 Å². The second-order valence-electron chi connectivity index (χ2n) is 7.17. The topological polar surface area (TPSA) is 70.2 Å². The van der Waals surface area contributed by atoms with E-state index in [0.717, 1.165) is 42.3 Å². The summed E-state index contributed by atoms with van der Waals surface area (Å²) < 4.78 is 0. The number of nitrogens with zero attached hydrogens (tertiary/aromatic N) is 3. The number of Topliss-reactive ketones (excluding diaryl/α,β-unsaturated/α-hetero) is 1. The summed E-state index contributed by atoms with van der Waals surface area (Å²) >= 11 is 0. The normalized spacial score (nSPS) is 10.8. The molecule has 0 atom stereocenters. The zero-order valence-corrected chi connectivity index (χ0v) is 17.1. The van der Waals surface area contributed by atoms with E-state index in [4.69, 9.17) is 0 Å². The average molecular weight is 390 g/mol. The van der Waals surface area contributed by atoms with Crippen LogP contribution in [0.3, 0.4) is 0 Å². The van der Waals surface area contributed by atoms with Crippen LogP contribution in [0.2, 0.25) is 0 Å². The van der Waals surface area contributed by atoms with Crippen LogP contribution in [0.1, 0.15) is 23.7 Å². The molecular weight excluding hydrogens is 362 g/mol. The van der Waals surface area contributed by atoms with Gasteiger partial charge in [0, 0.05) is 29.4 Å². The summed E-state index contributed by atoms with van der Waals surface area (Å²) in [5, 5.41) is 6.63. The molecule has 3 aromatic rings. The molecule has 3 rings (SSSR count). The molecule has 0 saturated carbocycles. The molecule has 1 heterocycles. The highest BCUT2D eigenvalue weighted by Crippen LogP contribution is 2.23. The predicted octanol–water partition coefficient (Wildman–Crippen LogP) is 4.45. The Morgan fingerprint density at radius 3 is 2.52 bits per heavy atom. The molecular formula is C23H27N5O. The number of carbonyl (C=O) groups is 1. The van der Waals surface area contributed by atoms with Crippen molar-refractivity contribution in [2.45, 2.75) is 13.3 Å². The molecule has 0 aliphatic heterocycles. The second kappa shape index (κ2) is 9.80. The minimum absolute atomic E-state index is 0.0239. The fraction of sp³-hybridized carbons (Fsp3) is 0.261. The number of nitrogens with one attached hydrogen (secondary N) is 2. The molecule has 0 aliphatic rings. The van der Waals surface area contributed by atoms with E-state index >= 15 is 0 Å². The summed E-state index contributed by atoms with van der Waals surface area (Å²) in [4.78, 5) is 23.1. The summed E-state index contributed by atoms with van der Waals surface area (Å²) in [6.07, 6.45) is 1.01. The van der Waals surface area contributed by atoms with Gasteiger partial charge in [0.25, 0.3) is 0 Å². The summed E-state index contributed by atoms with van der Waals surface area (Å²) in [6.45, 7) is 3.39. The number of hydrogen-bond acceptors (Lipinski definition) is 6. The molecule has 0 amide bonds. The summed E-state index contributed by atoms with van der Waals surface area (Å²) in [6, 6.07) is 19.3. The van der Waals surface area contributed by atoms with Crippen molar-refractivity contribution in [3.8, 4) is 11.3 Å². The van der Waals surface area contributed by atoms with Crippen LogP contribution >= 0.6 is 0 Å². The van der Waals surface area contributed by atoms with Gasteiger partial charge in [-0.1, -0.05) is 42.5 Å². The van der Waals surface area contributed by atoms with Gasteiger partial charge in [-0.15, -0.1) is 0 Å². The van der Waals surface area contributed by atoms with Gasteiger partial charge < -0.3 is 15.5 Å². The maximum atomic E-state index is 11.7.